The van der Waals surface area contributed by atoms with Crippen molar-refractivity contribution >= 4 is 44.3 Å². The van der Waals surface area contributed by atoms with E-state index in [9.17, 15) is 38.6 Å². The van der Waals surface area contributed by atoms with Crippen molar-refractivity contribution in [3.8, 4) is 0 Å². The van der Waals surface area contributed by atoms with Crippen molar-refractivity contribution in [3.63, 3.8) is 0 Å². The van der Waals surface area contributed by atoms with Gasteiger partial charge < -0.3 is 33.5 Å². The number of nitrogens with zero attached hydrogens (tertiary/aromatic N) is 5. The van der Waals surface area contributed by atoms with E-state index in [1.165, 1.54) is 43.2 Å². The van der Waals surface area contributed by atoms with Crippen molar-refractivity contribution in [1.82, 2.24) is 9.55 Å². The Kier molecular flexibility index (Phi) is 13.2. The first-order valence-electron chi connectivity index (χ1n) is 19.0. The second-order valence-corrected chi connectivity index (χ2v) is 16.8. The van der Waals surface area contributed by atoms with Crippen LogP contribution < -0.4 is 21.0 Å². The third kappa shape index (κ3) is 9.21. The van der Waals surface area contributed by atoms with E-state index in [0.29, 0.717) is 50.4 Å². The standard InChI is InChI=1S/C39H42F2N6O11S2/c1-54-38(14-19-43(20-15-38)28-9-5-3-7-26(28)40)56-24-31-35(60-59-32-12-11-25(46(50)51)23-30(32)47(52)53)34(36(57-31)45-18-13-33(48)42-37(45)49)58-39(55-2)16-21-44(22-17-39)29-10-6-4-8-27(29)41/h3-13,18,23,31,34-36H,14-17,19-22,24H2,1-2H3,(H,42,48,49)/t31-,34-,35-,36-/m1/s1. The number of methoxy groups -OCH3 is 2. The molecule has 4 aromatic rings. The molecule has 0 bridgehead atoms. The predicted octanol–water partition coefficient (Wildman–Crippen LogP) is 6.03. The fraction of sp³-hybridized carbons (Fsp3) is 0.436. The second-order valence-electron chi connectivity index (χ2n) is 14.4. The number of anilines is 2. The van der Waals surface area contributed by atoms with Crippen molar-refractivity contribution in [2.75, 3.05) is 56.8 Å². The Morgan fingerprint density at radius 1 is 0.833 bits per heavy atom. The number of non-ortho nitro benzene ring substituents is 1. The van der Waals surface area contributed by atoms with Crippen molar-refractivity contribution in [3.05, 3.63) is 132 Å². The van der Waals surface area contributed by atoms with Gasteiger partial charge in [-0.2, -0.15) is 0 Å². The quantitative estimate of drug-likeness (QED) is 0.0630. The Labute approximate surface area is 349 Å². The van der Waals surface area contributed by atoms with E-state index in [1.54, 1.807) is 36.4 Å². The molecule has 21 heteroatoms. The highest BCUT2D eigenvalue weighted by Crippen LogP contribution is 2.50. The molecule has 0 aliphatic carbocycles. The third-order valence-corrected chi connectivity index (χ3v) is 14.0. The number of ether oxygens (including phenoxy) is 5. The summed E-state index contributed by atoms with van der Waals surface area (Å²) in [5.74, 6) is -3.14. The molecule has 0 amide bonds. The highest BCUT2D eigenvalue weighted by Gasteiger charge is 2.53. The van der Waals surface area contributed by atoms with Gasteiger partial charge in [0, 0.05) is 84.4 Å². The minimum absolute atomic E-state index is 0.104. The molecule has 3 saturated heterocycles. The number of aromatic amines is 1. The molecule has 0 radical (unpaired) electrons. The van der Waals surface area contributed by atoms with Gasteiger partial charge in [-0.1, -0.05) is 45.9 Å². The number of rotatable bonds is 15. The summed E-state index contributed by atoms with van der Waals surface area (Å²) in [6.45, 7) is 1.34. The zero-order valence-electron chi connectivity index (χ0n) is 32.5. The second kappa shape index (κ2) is 18.4. The summed E-state index contributed by atoms with van der Waals surface area (Å²) in [7, 11) is 5.06. The minimum Gasteiger partial charge on any atom is -0.369 e. The summed E-state index contributed by atoms with van der Waals surface area (Å²) >= 11 is 0. The number of aromatic nitrogens is 2. The van der Waals surface area contributed by atoms with E-state index < -0.39 is 67.7 Å². The Morgan fingerprint density at radius 2 is 1.42 bits per heavy atom. The van der Waals surface area contributed by atoms with Crippen molar-refractivity contribution in [2.45, 2.75) is 65.8 Å². The number of hydrogen-bond donors (Lipinski definition) is 1. The van der Waals surface area contributed by atoms with Crippen LogP contribution in [0, 0.1) is 31.9 Å². The molecule has 17 nitrogen and oxygen atoms in total. The van der Waals surface area contributed by atoms with Crippen LogP contribution in [0.1, 0.15) is 31.9 Å². The smallest absolute Gasteiger partial charge is 0.330 e. The summed E-state index contributed by atoms with van der Waals surface area (Å²) in [5, 5.41) is 22.8. The Balaban J connectivity index is 1.21. The van der Waals surface area contributed by atoms with Crippen LogP contribution >= 0.6 is 21.6 Å². The number of hydrogen-bond acceptors (Lipinski definition) is 15. The van der Waals surface area contributed by atoms with Crippen LogP contribution in [-0.4, -0.2) is 95.4 Å². The first-order chi connectivity index (χ1) is 28.8. The number of halogens is 2. The molecule has 60 heavy (non-hydrogen) atoms. The summed E-state index contributed by atoms with van der Waals surface area (Å²) in [6.07, 6.45) is -0.683. The van der Waals surface area contributed by atoms with Crippen LogP contribution in [0.2, 0.25) is 0 Å². The summed E-state index contributed by atoms with van der Waals surface area (Å²) in [6, 6.07) is 17.4. The van der Waals surface area contributed by atoms with Crippen LogP contribution in [0.5, 0.6) is 0 Å². The monoisotopic (exact) mass is 872 g/mol. The number of nitro groups is 2. The van der Waals surface area contributed by atoms with Gasteiger partial charge in [-0.15, -0.1) is 0 Å². The lowest BCUT2D eigenvalue weighted by Gasteiger charge is -2.44. The first kappa shape index (κ1) is 43.2. The first-order valence-corrected chi connectivity index (χ1v) is 21.2. The van der Waals surface area contributed by atoms with Gasteiger partial charge in [0.2, 0.25) is 0 Å². The normalized spacial score (nSPS) is 22.5. The maximum atomic E-state index is 14.8. The van der Waals surface area contributed by atoms with Gasteiger partial charge in [-0.05, 0) is 30.3 Å². The van der Waals surface area contributed by atoms with Gasteiger partial charge in [0.25, 0.3) is 16.9 Å². The van der Waals surface area contributed by atoms with Gasteiger partial charge in [-0.25, -0.2) is 13.6 Å². The average Bonchev–Trinajstić information content (AvgIpc) is 3.58. The maximum Gasteiger partial charge on any atom is 0.330 e. The molecule has 7 rings (SSSR count). The van der Waals surface area contributed by atoms with Crippen LogP contribution in [0.3, 0.4) is 0 Å². The average molecular weight is 873 g/mol. The van der Waals surface area contributed by atoms with Crippen LogP contribution in [0.25, 0.3) is 0 Å². The van der Waals surface area contributed by atoms with Crippen molar-refractivity contribution in [2.24, 2.45) is 0 Å². The minimum atomic E-state index is -1.29. The molecule has 0 saturated carbocycles. The SMILES string of the molecule is COC1(OC[C@H]2O[C@@H](n3ccc(=O)[nH]c3=O)[C@H](OC3(OC)CCN(c4ccccc4F)CC3)[C@@H]2SSc2ccc([N+](=O)[O-])cc2[N+](=O)[O-])CCN(c2ccccc2F)CC1. The molecular formula is C39H42F2N6O11S2. The highest BCUT2D eigenvalue weighted by molar-refractivity contribution is 8.77. The number of para-hydroxylation sites is 2. The van der Waals surface area contributed by atoms with Crippen LogP contribution in [0.15, 0.2) is 93.5 Å². The van der Waals surface area contributed by atoms with E-state index in [2.05, 4.69) is 4.98 Å². The van der Waals surface area contributed by atoms with Crippen LogP contribution in [0.4, 0.5) is 31.5 Å². The molecule has 4 heterocycles. The molecule has 1 aromatic heterocycles. The number of nitro benzene ring substituents is 2. The zero-order chi connectivity index (χ0) is 42.6. The van der Waals surface area contributed by atoms with Gasteiger partial charge in [0.1, 0.15) is 17.7 Å². The number of H-pyrrole nitrogens is 1. The molecule has 3 fully saturated rings. The molecule has 0 spiro atoms. The van der Waals surface area contributed by atoms with Gasteiger partial charge in [0.05, 0.1) is 50.1 Å². The number of benzene rings is 3. The molecule has 3 aliphatic rings. The van der Waals surface area contributed by atoms with E-state index >= 15 is 0 Å². The maximum absolute atomic E-state index is 14.8. The zero-order valence-corrected chi connectivity index (χ0v) is 34.1. The molecule has 3 aromatic carbocycles. The topological polar surface area (TPSA) is 194 Å². The van der Waals surface area contributed by atoms with E-state index in [4.69, 9.17) is 23.7 Å². The summed E-state index contributed by atoms with van der Waals surface area (Å²) in [5.41, 5.74) is -1.51. The lowest BCUT2D eigenvalue weighted by atomic mass is 10.0. The summed E-state index contributed by atoms with van der Waals surface area (Å²) in [4.78, 5) is 53.9. The van der Waals surface area contributed by atoms with Crippen molar-refractivity contribution in [1.29, 1.82) is 0 Å². The Bertz CT molecular complexity index is 2300. The van der Waals surface area contributed by atoms with E-state index in [0.717, 1.165) is 39.8 Å². The van der Waals surface area contributed by atoms with Gasteiger partial charge in [-0.3, -0.25) is 34.6 Å². The van der Waals surface area contributed by atoms with Crippen molar-refractivity contribution < 1.29 is 42.3 Å². The largest absolute Gasteiger partial charge is 0.369 e. The number of piperidine rings is 2. The van der Waals surface area contributed by atoms with Crippen LogP contribution in [-0.2, 0) is 23.7 Å². The molecule has 0 unspecified atom stereocenters. The lowest BCUT2D eigenvalue weighted by molar-refractivity contribution is -0.396. The fourth-order valence-corrected chi connectivity index (χ4v) is 10.6. The Hall–Kier alpha value is -4.90. The van der Waals surface area contributed by atoms with Gasteiger partial charge >= 0.3 is 5.69 Å². The predicted molar refractivity (Wildman–Crippen MR) is 218 cm³/mol. The fourth-order valence-electron chi connectivity index (χ4n) is 7.73. The molecule has 320 valence electrons. The summed E-state index contributed by atoms with van der Waals surface area (Å²) < 4.78 is 62.8. The molecule has 1 N–H and O–H groups in total. The highest BCUT2D eigenvalue weighted by atomic mass is 33.1. The van der Waals surface area contributed by atoms with E-state index in [1.807, 2.05) is 9.80 Å². The molecule has 3 aliphatic heterocycles. The Morgan fingerprint density at radius 3 is 1.95 bits per heavy atom. The van der Waals surface area contributed by atoms with Gasteiger partial charge in [0.15, 0.2) is 17.8 Å². The lowest BCUT2D eigenvalue weighted by Crippen LogP contribution is -2.52. The van der Waals surface area contributed by atoms with E-state index in [-0.39, 0.29) is 36.0 Å². The third-order valence-electron chi connectivity index (χ3n) is 11.1. The molecule has 4 atom stereocenters. The number of nitrogens with one attached hydrogen (secondary N) is 1. The molecular weight excluding hydrogens is 831 g/mol.